The molecule has 20 heavy (non-hydrogen) atoms. The van der Waals surface area contributed by atoms with Gasteiger partial charge in [0.2, 0.25) is 0 Å². The molecular weight excluding hydrogens is 257 g/mol. The molecule has 1 saturated carbocycles. The molecule has 2 unspecified atom stereocenters. The number of halogens is 1. The van der Waals surface area contributed by atoms with Crippen LogP contribution in [0.3, 0.4) is 0 Å². The number of pyridine rings is 1. The lowest BCUT2D eigenvalue weighted by molar-refractivity contribution is 0.0554. The van der Waals surface area contributed by atoms with Gasteiger partial charge in [0.15, 0.2) is 0 Å². The van der Waals surface area contributed by atoms with Crippen molar-refractivity contribution in [2.45, 2.75) is 38.6 Å². The zero-order chi connectivity index (χ0) is 14.5. The van der Waals surface area contributed by atoms with Crippen molar-refractivity contribution < 1.29 is 9.18 Å². The van der Waals surface area contributed by atoms with E-state index in [4.69, 9.17) is 5.73 Å². The third kappa shape index (κ3) is 3.15. The lowest BCUT2D eigenvalue weighted by Crippen LogP contribution is -2.48. The molecule has 1 fully saturated rings. The molecule has 0 radical (unpaired) electrons. The van der Waals surface area contributed by atoms with Gasteiger partial charge in [-0.05, 0) is 44.4 Å². The Balaban J connectivity index is 2.17. The van der Waals surface area contributed by atoms with E-state index in [2.05, 4.69) is 4.98 Å². The maximum absolute atomic E-state index is 12.9. The highest BCUT2D eigenvalue weighted by molar-refractivity contribution is 5.92. The molecule has 1 aliphatic carbocycles. The number of rotatable bonds is 4. The molecule has 5 heteroatoms. The first kappa shape index (κ1) is 14.9. The topological polar surface area (TPSA) is 59.2 Å². The van der Waals surface area contributed by atoms with Gasteiger partial charge in [-0.25, -0.2) is 9.37 Å². The van der Waals surface area contributed by atoms with Crippen LogP contribution in [-0.2, 0) is 0 Å². The first-order valence-electron chi connectivity index (χ1n) is 7.30. The summed E-state index contributed by atoms with van der Waals surface area (Å²) in [6.07, 6.45) is 5.45. The maximum atomic E-state index is 12.9. The van der Waals surface area contributed by atoms with E-state index >= 15 is 0 Å². The largest absolute Gasteiger partial charge is 0.334 e. The second kappa shape index (κ2) is 6.79. The molecule has 1 aromatic rings. The van der Waals surface area contributed by atoms with Crippen molar-refractivity contribution >= 4 is 5.91 Å². The minimum Gasteiger partial charge on any atom is -0.334 e. The van der Waals surface area contributed by atoms with Gasteiger partial charge in [0.1, 0.15) is 11.5 Å². The van der Waals surface area contributed by atoms with E-state index in [0.29, 0.717) is 24.7 Å². The van der Waals surface area contributed by atoms with Crippen molar-refractivity contribution in [1.82, 2.24) is 9.88 Å². The lowest BCUT2D eigenvalue weighted by Gasteiger charge is -2.39. The molecule has 0 aliphatic heterocycles. The van der Waals surface area contributed by atoms with Gasteiger partial charge < -0.3 is 10.6 Å². The smallest absolute Gasteiger partial charge is 0.272 e. The Morgan fingerprint density at radius 1 is 1.45 bits per heavy atom. The highest BCUT2D eigenvalue weighted by Gasteiger charge is 2.32. The molecule has 0 spiro atoms. The first-order chi connectivity index (χ1) is 9.67. The van der Waals surface area contributed by atoms with E-state index in [-0.39, 0.29) is 11.9 Å². The highest BCUT2D eigenvalue weighted by Crippen LogP contribution is 2.28. The van der Waals surface area contributed by atoms with Crippen LogP contribution in [0.25, 0.3) is 0 Å². The van der Waals surface area contributed by atoms with Crippen LogP contribution < -0.4 is 5.73 Å². The lowest BCUT2D eigenvalue weighted by atomic mass is 9.83. The highest BCUT2D eigenvalue weighted by atomic mass is 19.1. The van der Waals surface area contributed by atoms with Crippen LogP contribution in [0.4, 0.5) is 4.39 Å². The minimum atomic E-state index is -0.429. The Morgan fingerprint density at radius 2 is 2.20 bits per heavy atom. The van der Waals surface area contributed by atoms with Crippen LogP contribution in [-0.4, -0.2) is 34.9 Å². The minimum absolute atomic E-state index is 0.127. The summed E-state index contributed by atoms with van der Waals surface area (Å²) in [5, 5.41) is 0. The second-order valence-electron chi connectivity index (χ2n) is 5.30. The zero-order valence-corrected chi connectivity index (χ0v) is 11.9. The molecule has 2 rings (SSSR count). The Labute approximate surface area is 119 Å². The zero-order valence-electron chi connectivity index (χ0n) is 11.9. The number of nitrogens with two attached hydrogens (primary N) is 1. The van der Waals surface area contributed by atoms with Crippen molar-refractivity contribution in [2.24, 2.45) is 11.7 Å². The third-order valence-electron chi connectivity index (χ3n) is 4.12. The van der Waals surface area contributed by atoms with Crippen LogP contribution in [0.2, 0.25) is 0 Å². The fourth-order valence-electron chi connectivity index (χ4n) is 3.05. The molecule has 1 aromatic heterocycles. The van der Waals surface area contributed by atoms with Crippen LogP contribution in [0.1, 0.15) is 43.1 Å². The number of carbonyl (C=O) groups excluding carboxylic acids is 1. The van der Waals surface area contributed by atoms with Crippen LogP contribution in [0.15, 0.2) is 18.3 Å². The summed E-state index contributed by atoms with van der Waals surface area (Å²) >= 11 is 0. The molecule has 110 valence electrons. The van der Waals surface area contributed by atoms with Gasteiger partial charge in [-0.2, -0.15) is 0 Å². The summed E-state index contributed by atoms with van der Waals surface area (Å²) in [5.74, 6) is -0.201. The van der Waals surface area contributed by atoms with E-state index < -0.39 is 5.82 Å². The maximum Gasteiger partial charge on any atom is 0.272 e. The fourth-order valence-corrected chi connectivity index (χ4v) is 3.05. The van der Waals surface area contributed by atoms with Crippen molar-refractivity contribution in [3.05, 3.63) is 29.8 Å². The van der Waals surface area contributed by atoms with Crippen molar-refractivity contribution in [3.63, 3.8) is 0 Å². The predicted molar refractivity (Wildman–Crippen MR) is 75.7 cm³/mol. The summed E-state index contributed by atoms with van der Waals surface area (Å²) in [7, 11) is 0. The van der Waals surface area contributed by atoms with Crippen molar-refractivity contribution in [3.8, 4) is 0 Å². The predicted octanol–water partition coefficient (Wildman–Crippen LogP) is 2.20. The van der Waals surface area contributed by atoms with Gasteiger partial charge in [0, 0.05) is 12.6 Å². The number of nitrogens with zero attached hydrogens (tertiary/aromatic N) is 2. The van der Waals surface area contributed by atoms with Gasteiger partial charge in [-0.3, -0.25) is 4.79 Å². The molecule has 1 aliphatic rings. The Hall–Kier alpha value is -1.49. The van der Waals surface area contributed by atoms with Gasteiger partial charge in [0.25, 0.3) is 5.91 Å². The Bertz CT molecular complexity index is 449. The molecule has 0 bridgehead atoms. The fraction of sp³-hybridized carbons (Fsp3) is 0.600. The SMILES string of the molecule is CCN(C(=O)c1ccc(F)cn1)C1CCCCC1CN. The normalized spacial score (nSPS) is 22.6. The van der Waals surface area contributed by atoms with Gasteiger partial charge in [-0.1, -0.05) is 12.8 Å². The number of aromatic nitrogens is 1. The van der Waals surface area contributed by atoms with E-state index in [1.165, 1.54) is 18.6 Å². The first-order valence-corrected chi connectivity index (χ1v) is 7.30. The van der Waals surface area contributed by atoms with Crippen molar-refractivity contribution in [1.29, 1.82) is 0 Å². The number of hydrogen-bond donors (Lipinski definition) is 1. The molecule has 4 nitrogen and oxygen atoms in total. The average Bonchev–Trinajstić information content (AvgIpc) is 2.49. The summed E-state index contributed by atoms with van der Waals surface area (Å²) < 4.78 is 12.9. The summed E-state index contributed by atoms with van der Waals surface area (Å²) in [5.41, 5.74) is 6.14. The molecule has 1 heterocycles. The van der Waals surface area contributed by atoms with E-state index in [1.807, 2.05) is 11.8 Å². The number of carbonyl (C=O) groups is 1. The molecule has 0 saturated heterocycles. The Kier molecular flexibility index (Phi) is 5.06. The number of amides is 1. The quantitative estimate of drug-likeness (QED) is 0.919. The van der Waals surface area contributed by atoms with Gasteiger partial charge in [-0.15, -0.1) is 0 Å². The third-order valence-corrected chi connectivity index (χ3v) is 4.12. The molecule has 2 atom stereocenters. The summed E-state index contributed by atoms with van der Waals surface area (Å²) in [6, 6.07) is 2.90. The van der Waals surface area contributed by atoms with E-state index in [1.54, 1.807) is 0 Å². The standard InChI is InChI=1S/C15H22FN3O/c1-2-19(14-6-4-3-5-11(14)9-17)15(20)13-8-7-12(16)10-18-13/h7-8,10-11,14H,2-6,9,17H2,1H3. The monoisotopic (exact) mass is 279 g/mol. The van der Waals surface area contributed by atoms with E-state index in [0.717, 1.165) is 25.5 Å². The van der Waals surface area contributed by atoms with Crippen molar-refractivity contribution in [2.75, 3.05) is 13.1 Å². The number of hydrogen-bond acceptors (Lipinski definition) is 3. The van der Waals surface area contributed by atoms with E-state index in [9.17, 15) is 9.18 Å². The van der Waals surface area contributed by atoms with Gasteiger partial charge in [0.05, 0.1) is 6.20 Å². The van der Waals surface area contributed by atoms with Gasteiger partial charge >= 0.3 is 0 Å². The summed E-state index contributed by atoms with van der Waals surface area (Å²) in [4.78, 5) is 18.3. The second-order valence-corrected chi connectivity index (χ2v) is 5.30. The molecule has 1 amide bonds. The van der Waals surface area contributed by atoms with Crippen LogP contribution in [0, 0.1) is 11.7 Å². The molecular formula is C15H22FN3O. The average molecular weight is 279 g/mol. The van der Waals surface area contributed by atoms with Crippen LogP contribution in [0.5, 0.6) is 0 Å². The summed E-state index contributed by atoms with van der Waals surface area (Å²) in [6.45, 7) is 3.19. The molecule has 2 N–H and O–H groups in total. The van der Waals surface area contributed by atoms with Crippen LogP contribution >= 0.6 is 0 Å². The Morgan fingerprint density at radius 3 is 2.80 bits per heavy atom. The molecule has 0 aromatic carbocycles.